The van der Waals surface area contributed by atoms with E-state index in [2.05, 4.69) is 10.7 Å². The van der Waals surface area contributed by atoms with E-state index in [1.165, 1.54) is 26.4 Å². The highest BCUT2D eigenvalue weighted by Gasteiger charge is 2.37. The van der Waals surface area contributed by atoms with E-state index in [0.717, 1.165) is 5.01 Å². The summed E-state index contributed by atoms with van der Waals surface area (Å²) in [4.78, 5) is 49.6. The van der Waals surface area contributed by atoms with E-state index in [0.29, 0.717) is 10.7 Å². The molecule has 3 amide bonds. The molecule has 0 bridgehead atoms. The summed E-state index contributed by atoms with van der Waals surface area (Å²) in [5.74, 6) is -2.85. The first-order valence-corrected chi connectivity index (χ1v) is 10.7. The second kappa shape index (κ2) is 11.1. The number of hydrogen-bond acceptors (Lipinski definition) is 7. The molecule has 3 rings (SSSR count). The topological polar surface area (TPSA) is 123 Å². The normalized spacial score (nSPS) is 15.0. The van der Waals surface area contributed by atoms with E-state index in [1.54, 1.807) is 24.3 Å². The van der Waals surface area contributed by atoms with Crippen molar-refractivity contribution < 1.29 is 33.4 Å². The van der Waals surface area contributed by atoms with Crippen LogP contribution in [0.15, 0.2) is 36.4 Å². The van der Waals surface area contributed by atoms with Gasteiger partial charge in [-0.2, -0.15) is 0 Å². The Hall–Kier alpha value is -3.50. The van der Waals surface area contributed by atoms with Gasteiger partial charge in [-0.1, -0.05) is 29.3 Å². The predicted molar refractivity (Wildman–Crippen MR) is 123 cm³/mol. The Balaban J connectivity index is 1.55. The lowest BCUT2D eigenvalue weighted by atomic mass is 10.1. The van der Waals surface area contributed by atoms with Crippen LogP contribution in [0.2, 0.25) is 10.0 Å². The van der Waals surface area contributed by atoms with E-state index in [-0.39, 0.29) is 35.1 Å². The maximum atomic E-state index is 12.8. The van der Waals surface area contributed by atoms with E-state index < -0.39 is 36.2 Å². The van der Waals surface area contributed by atoms with Crippen molar-refractivity contribution in [1.82, 2.24) is 10.4 Å². The van der Waals surface area contributed by atoms with Crippen molar-refractivity contribution in [3.63, 3.8) is 0 Å². The highest BCUT2D eigenvalue weighted by Crippen LogP contribution is 2.29. The van der Waals surface area contributed by atoms with Gasteiger partial charge in [-0.15, -0.1) is 0 Å². The molecular formula is C22H21Cl2N3O7. The third kappa shape index (κ3) is 5.89. The highest BCUT2D eigenvalue weighted by atomic mass is 35.5. The van der Waals surface area contributed by atoms with Crippen molar-refractivity contribution in [3.8, 4) is 11.5 Å². The Morgan fingerprint density at radius 1 is 1.09 bits per heavy atom. The van der Waals surface area contributed by atoms with Crippen molar-refractivity contribution in [2.45, 2.75) is 6.42 Å². The molecule has 0 spiro atoms. The summed E-state index contributed by atoms with van der Waals surface area (Å²) in [5.41, 5.74) is 2.87. The fourth-order valence-corrected chi connectivity index (χ4v) is 3.71. The number of ether oxygens (including phenoxy) is 3. The minimum absolute atomic E-state index is 0.101. The van der Waals surface area contributed by atoms with Crippen LogP contribution in [-0.2, 0) is 19.1 Å². The maximum Gasteiger partial charge on any atom is 0.311 e. The molecule has 2 N–H and O–H groups in total. The van der Waals surface area contributed by atoms with Crippen LogP contribution in [-0.4, -0.2) is 56.1 Å². The van der Waals surface area contributed by atoms with Gasteiger partial charge in [-0.3, -0.25) is 29.6 Å². The fourth-order valence-electron chi connectivity index (χ4n) is 3.26. The molecule has 2 aromatic carbocycles. The van der Waals surface area contributed by atoms with Crippen LogP contribution in [0.5, 0.6) is 11.5 Å². The molecule has 10 nitrogen and oxygen atoms in total. The zero-order valence-corrected chi connectivity index (χ0v) is 19.7. The van der Waals surface area contributed by atoms with Gasteiger partial charge >= 0.3 is 5.97 Å². The average Bonchev–Trinajstić information content (AvgIpc) is 3.18. The number of hydrazine groups is 1. The van der Waals surface area contributed by atoms with Gasteiger partial charge in [0, 0.05) is 11.4 Å². The molecular weight excluding hydrogens is 489 g/mol. The van der Waals surface area contributed by atoms with E-state index in [4.69, 9.17) is 37.4 Å². The average molecular weight is 510 g/mol. The Bertz CT molecular complexity index is 1100. The molecule has 1 heterocycles. The first kappa shape index (κ1) is 25.1. The number of carbonyl (C=O) groups is 4. The number of nitrogens with zero attached hydrogens (tertiary/aromatic N) is 1. The Morgan fingerprint density at radius 2 is 1.76 bits per heavy atom. The molecule has 1 atom stereocenters. The molecule has 180 valence electrons. The predicted octanol–water partition coefficient (Wildman–Crippen LogP) is 2.69. The van der Waals surface area contributed by atoms with Crippen LogP contribution < -0.4 is 20.2 Å². The molecule has 0 unspecified atom stereocenters. The summed E-state index contributed by atoms with van der Waals surface area (Å²) in [6.45, 7) is -0.696. The Kier molecular flexibility index (Phi) is 8.19. The third-order valence-corrected chi connectivity index (χ3v) is 5.45. The number of anilines is 1. The lowest BCUT2D eigenvalue weighted by molar-refractivity contribution is -0.151. The summed E-state index contributed by atoms with van der Waals surface area (Å²) in [7, 11) is 2.80. The molecule has 2 aromatic rings. The fraction of sp³-hybridized carbons (Fsp3) is 0.273. The molecule has 1 fully saturated rings. The molecule has 1 aliphatic heterocycles. The minimum Gasteiger partial charge on any atom is -0.496 e. The van der Waals surface area contributed by atoms with Crippen LogP contribution in [0.25, 0.3) is 0 Å². The van der Waals surface area contributed by atoms with E-state index in [1.807, 2.05) is 0 Å². The molecule has 0 radical (unpaired) electrons. The SMILES string of the molecule is COc1cccc(OC)c1C(=O)NN1C[C@H](C(=O)OCC(=O)Nc2ccc(Cl)cc2Cl)CC1=O. The second-order valence-corrected chi connectivity index (χ2v) is 8.01. The van der Waals surface area contributed by atoms with Gasteiger partial charge < -0.3 is 19.5 Å². The third-order valence-electron chi connectivity index (χ3n) is 4.90. The second-order valence-electron chi connectivity index (χ2n) is 7.16. The van der Waals surface area contributed by atoms with E-state index >= 15 is 0 Å². The summed E-state index contributed by atoms with van der Waals surface area (Å²) in [5, 5.41) is 4.16. The van der Waals surface area contributed by atoms with Gasteiger partial charge in [0.1, 0.15) is 17.1 Å². The van der Waals surface area contributed by atoms with Gasteiger partial charge in [0.2, 0.25) is 5.91 Å². The maximum absolute atomic E-state index is 12.8. The molecule has 34 heavy (non-hydrogen) atoms. The lowest BCUT2D eigenvalue weighted by Crippen LogP contribution is -2.43. The van der Waals surface area contributed by atoms with Gasteiger partial charge in [0.05, 0.1) is 37.4 Å². The van der Waals surface area contributed by atoms with Crippen molar-refractivity contribution in [1.29, 1.82) is 0 Å². The Morgan fingerprint density at radius 3 is 2.38 bits per heavy atom. The van der Waals surface area contributed by atoms with Gasteiger partial charge in [-0.25, -0.2) is 0 Å². The largest absolute Gasteiger partial charge is 0.496 e. The van der Waals surface area contributed by atoms with Crippen molar-refractivity contribution in [3.05, 3.63) is 52.0 Å². The van der Waals surface area contributed by atoms with Crippen LogP contribution in [0.3, 0.4) is 0 Å². The number of methoxy groups -OCH3 is 2. The van der Waals surface area contributed by atoms with Crippen LogP contribution >= 0.6 is 23.2 Å². The Labute approximate surface area is 205 Å². The van der Waals surface area contributed by atoms with Gasteiger partial charge in [0.15, 0.2) is 6.61 Å². The first-order valence-electron chi connectivity index (χ1n) is 9.97. The minimum atomic E-state index is -0.862. The smallest absolute Gasteiger partial charge is 0.311 e. The molecule has 0 saturated carbocycles. The quantitative estimate of drug-likeness (QED) is 0.524. The van der Waals surface area contributed by atoms with Crippen LogP contribution in [0.1, 0.15) is 16.8 Å². The number of benzene rings is 2. The van der Waals surface area contributed by atoms with Crippen LogP contribution in [0, 0.1) is 5.92 Å². The van der Waals surface area contributed by atoms with Gasteiger partial charge in [-0.05, 0) is 30.3 Å². The summed E-state index contributed by atoms with van der Waals surface area (Å²) in [6.07, 6.45) is -0.188. The number of nitrogens with one attached hydrogen (secondary N) is 2. The van der Waals surface area contributed by atoms with Crippen LogP contribution in [0.4, 0.5) is 5.69 Å². The molecule has 1 aliphatic rings. The highest BCUT2D eigenvalue weighted by molar-refractivity contribution is 6.36. The molecule has 0 aromatic heterocycles. The zero-order valence-electron chi connectivity index (χ0n) is 18.2. The standard InChI is InChI=1S/C22H21Cl2N3O7/c1-32-16-4-3-5-17(33-2)20(16)21(30)26-27-10-12(8-19(27)29)22(31)34-11-18(28)25-15-7-6-13(23)9-14(15)24/h3-7,9,12H,8,10-11H2,1-2H3,(H,25,28)(H,26,30)/t12-/m1/s1. The lowest BCUT2D eigenvalue weighted by Gasteiger charge is -2.19. The number of esters is 1. The number of hydrogen-bond donors (Lipinski definition) is 2. The number of amides is 3. The molecule has 12 heteroatoms. The summed E-state index contributed by atoms with van der Waals surface area (Å²) in [6, 6.07) is 9.31. The monoisotopic (exact) mass is 509 g/mol. The summed E-state index contributed by atoms with van der Waals surface area (Å²) < 4.78 is 15.4. The van der Waals surface area contributed by atoms with E-state index in [9.17, 15) is 19.2 Å². The summed E-state index contributed by atoms with van der Waals surface area (Å²) >= 11 is 11.8. The number of rotatable bonds is 8. The number of carbonyl (C=O) groups excluding carboxylic acids is 4. The van der Waals surface area contributed by atoms with Gasteiger partial charge in [0.25, 0.3) is 11.8 Å². The molecule has 1 saturated heterocycles. The number of halogens is 2. The van der Waals surface area contributed by atoms with Crippen molar-refractivity contribution in [2.75, 3.05) is 32.7 Å². The first-order chi connectivity index (χ1) is 16.2. The van der Waals surface area contributed by atoms with Crippen molar-refractivity contribution >= 4 is 52.6 Å². The zero-order chi connectivity index (χ0) is 24.8. The van der Waals surface area contributed by atoms with Crippen molar-refractivity contribution in [2.24, 2.45) is 5.92 Å². The molecule has 0 aliphatic carbocycles.